The number of rotatable bonds is 7. The lowest BCUT2D eigenvalue weighted by Crippen LogP contribution is -2.48. The number of pyridine rings is 1. The molecule has 0 saturated carbocycles. The summed E-state index contributed by atoms with van der Waals surface area (Å²) >= 11 is 6.51. The van der Waals surface area contributed by atoms with Crippen molar-refractivity contribution in [1.29, 1.82) is 5.26 Å². The third-order valence-corrected chi connectivity index (χ3v) is 7.18. The molecule has 11 heteroatoms. The number of nitrogens with zero attached hydrogens (tertiary/aromatic N) is 4. The highest BCUT2D eigenvalue weighted by molar-refractivity contribution is 8.26. The van der Waals surface area contributed by atoms with Crippen molar-refractivity contribution in [3.63, 3.8) is 0 Å². The molecule has 2 aliphatic rings. The number of carboxylic acid groups (broad SMARTS) is 1. The molecule has 0 bridgehead atoms. The van der Waals surface area contributed by atoms with Gasteiger partial charge in [0, 0.05) is 38.2 Å². The Balaban J connectivity index is 2.12. The van der Waals surface area contributed by atoms with Crippen molar-refractivity contribution in [1.82, 2.24) is 9.47 Å². The van der Waals surface area contributed by atoms with Crippen LogP contribution in [0.1, 0.15) is 50.3 Å². The summed E-state index contributed by atoms with van der Waals surface area (Å²) in [7, 11) is 0. The summed E-state index contributed by atoms with van der Waals surface area (Å²) in [6.45, 7) is 9.20. The zero-order chi connectivity index (χ0) is 25.2. The summed E-state index contributed by atoms with van der Waals surface area (Å²) in [4.78, 5) is 40.9. The number of hydrogen-bond donors (Lipinski definition) is 1. The van der Waals surface area contributed by atoms with Gasteiger partial charge in [0.15, 0.2) is 0 Å². The van der Waals surface area contributed by atoms with Crippen LogP contribution < -0.4 is 10.5 Å². The first kappa shape index (κ1) is 25.9. The number of anilines is 1. The first-order valence-corrected chi connectivity index (χ1v) is 12.4. The van der Waals surface area contributed by atoms with Gasteiger partial charge < -0.3 is 14.7 Å². The summed E-state index contributed by atoms with van der Waals surface area (Å²) in [5.74, 6) is -0.578. The number of aliphatic carboxylic acids is 1. The Kier molecular flexibility index (Phi) is 8.17. The summed E-state index contributed by atoms with van der Waals surface area (Å²) in [5, 5.41) is 18.6. The molecule has 34 heavy (non-hydrogen) atoms. The van der Waals surface area contributed by atoms with Crippen LogP contribution in [0.5, 0.6) is 0 Å². The van der Waals surface area contributed by atoms with Gasteiger partial charge in [0.25, 0.3) is 11.5 Å². The Bertz CT molecular complexity index is 1140. The third kappa shape index (κ3) is 5.19. The Morgan fingerprint density at radius 1 is 1.32 bits per heavy atom. The van der Waals surface area contributed by atoms with E-state index in [9.17, 15) is 19.6 Å². The van der Waals surface area contributed by atoms with E-state index in [-0.39, 0.29) is 42.2 Å². The van der Waals surface area contributed by atoms with Crippen LogP contribution >= 0.6 is 24.0 Å². The van der Waals surface area contributed by atoms with E-state index in [0.29, 0.717) is 52.2 Å². The van der Waals surface area contributed by atoms with Gasteiger partial charge in [-0.1, -0.05) is 24.0 Å². The molecule has 1 aromatic heterocycles. The predicted molar refractivity (Wildman–Crippen MR) is 135 cm³/mol. The second kappa shape index (κ2) is 10.7. The number of thioether (sulfide) groups is 1. The predicted octanol–water partition coefficient (Wildman–Crippen LogP) is 2.73. The van der Waals surface area contributed by atoms with Gasteiger partial charge in [-0.05, 0) is 45.8 Å². The molecule has 0 aromatic carbocycles. The van der Waals surface area contributed by atoms with E-state index >= 15 is 0 Å². The van der Waals surface area contributed by atoms with Crippen molar-refractivity contribution >= 4 is 52.1 Å². The van der Waals surface area contributed by atoms with Crippen LogP contribution in [0.15, 0.2) is 9.70 Å². The molecule has 0 radical (unpaired) electrons. The van der Waals surface area contributed by atoms with Crippen molar-refractivity contribution in [3.8, 4) is 6.07 Å². The number of thiocarbonyl (C=S) groups is 1. The van der Waals surface area contributed by atoms with Crippen molar-refractivity contribution in [3.05, 3.63) is 31.9 Å². The average Bonchev–Trinajstić information content (AvgIpc) is 3.02. The van der Waals surface area contributed by atoms with Crippen molar-refractivity contribution < 1.29 is 19.4 Å². The van der Waals surface area contributed by atoms with Gasteiger partial charge in [0.2, 0.25) is 0 Å². The van der Waals surface area contributed by atoms with Crippen LogP contribution in [0, 0.1) is 18.3 Å². The fourth-order valence-corrected chi connectivity index (χ4v) is 5.63. The largest absolute Gasteiger partial charge is 0.481 e. The molecule has 1 N–H and O–H groups in total. The van der Waals surface area contributed by atoms with Gasteiger partial charge in [-0.2, -0.15) is 5.26 Å². The molecule has 2 saturated heterocycles. The van der Waals surface area contributed by atoms with E-state index in [0.717, 1.165) is 11.8 Å². The first-order valence-electron chi connectivity index (χ1n) is 11.1. The zero-order valence-corrected chi connectivity index (χ0v) is 21.3. The van der Waals surface area contributed by atoms with Gasteiger partial charge in [-0.25, -0.2) is 0 Å². The van der Waals surface area contributed by atoms with Crippen LogP contribution in [-0.2, 0) is 20.9 Å². The third-order valence-electron chi connectivity index (χ3n) is 5.80. The minimum absolute atomic E-state index is 0.0446. The molecule has 9 nitrogen and oxygen atoms in total. The zero-order valence-electron chi connectivity index (χ0n) is 19.7. The lowest BCUT2D eigenvalue weighted by atomic mass is 10.0. The van der Waals surface area contributed by atoms with Gasteiger partial charge in [0.1, 0.15) is 21.8 Å². The maximum atomic E-state index is 13.1. The first-order chi connectivity index (χ1) is 16.1. The lowest BCUT2D eigenvalue weighted by Gasteiger charge is -2.39. The molecule has 182 valence electrons. The molecular formula is C23H28N4O5S2. The molecule has 0 aliphatic carbocycles. The van der Waals surface area contributed by atoms with E-state index in [4.69, 9.17) is 22.1 Å². The van der Waals surface area contributed by atoms with Crippen molar-refractivity contribution in [2.24, 2.45) is 0 Å². The van der Waals surface area contributed by atoms with E-state index in [1.807, 2.05) is 26.8 Å². The molecule has 2 unspecified atom stereocenters. The summed E-state index contributed by atoms with van der Waals surface area (Å²) in [5.41, 5.74) is 0.825. The second-order valence-corrected chi connectivity index (χ2v) is 10.1. The molecule has 2 atom stereocenters. The highest BCUT2D eigenvalue weighted by Gasteiger charge is 2.34. The Morgan fingerprint density at radius 2 is 1.97 bits per heavy atom. The number of carbonyl (C=O) groups excluding carboxylic acids is 1. The minimum Gasteiger partial charge on any atom is -0.481 e. The van der Waals surface area contributed by atoms with E-state index in [1.165, 1.54) is 4.90 Å². The number of hydrogen-bond acceptors (Lipinski definition) is 8. The van der Waals surface area contributed by atoms with Gasteiger partial charge in [-0.3, -0.25) is 23.9 Å². The summed E-state index contributed by atoms with van der Waals surface area (Å²) in [6, 6.07) is 2.03. The molecule has 2 fully saturated rings. The molecular weight excluding hydrogens is 476 g/mol. The molecule has 3 heterocycles. The van der Waals surface area contributed by atoms with Crippen LogP contribution in [0.25, 0.3) is 6.08 Å². The second-order valence-electron chi connectivity index (χ2n) is 8.39. The van der Waals surface area contributed by atoms with E-state index in [2.05, 4.69) is 4.90 Å². The summed E-state index contributed by atoms with van der Waals surface area (Å²) in [6.07, 6.45) is 1.83. The maximum Gasteiger partial charge on any atom is 0.303 e. The standard InChI is InChI=1S/C23H28N4O5S2/c1-5-26-20(25-11-13(2)32-14(3)12-25)16(15(4)17(10-24)21(26)30)9-18-22(31)27(23(33)34-18)8-6-7-19(28)29/h9,13-14H,5-8,11-12H2,1-4H3,(H,28,29). The molecule has 1 amide bonds. The van der Waals surface area contributed by atoms with Crippen molar-refractivity contribution in [2.45, 2.75) is 59.3 Å². The SMILES string of the molecule is CCn1c(N2CC(C)OC(C)C2)c(C=C2SC(=S)N(CCCC(=O)O)C2=O)c(C)c(C#N)c1=O. The molecule has 2 aliphatic heterocycles. The quantitative estimate of drug-likeness (QED) is 0.442. The van der Waals surface area contributed by atoms with Crippen LogP contribution in [-0.4, -0.2) is 62.6 Å². The smallest absolute Gasteiger partial charge is 0.303 e. The van der Waals surface area contributed by atoms with Crippen LogP contribution in [0.3, 0.4) is 0 Å². The number of nitriles is 1. The van der Waals surface area contributed by atoms with E-state index < -0.39 is 5.97 Å². The highest BCUT2D eigenvalue weighted by Crippen LogP contribution is 2.36. The summed E-state index contributed by atoms with van der Waals surface area (Å²) < 4.78 is 7.81. The number of carbonyl (C=O) groups is 2. The minimum atomic E-state index is -0.930. The molecule has 0 spiro atoms. The number of ether oxygens (including phenoxy) is 1. The fraction of sp³-hybridized carbons (Fsp3) is 0.522. The highest BCUT2D eigenvalue weighted by atomic mass is 32.2. The maximum absolute atomic E-state index is 13.1. The monoisotopic (exact) mass is 504 g/mol. The van der Waals surface area contributed by atoms with Gasteiger partial charge >= 0.3 is 5.97 Å². The fourth-order valence-electron chi connectivity index (χ4n) is 4.34. The topological polar surface area (TPSA) is 116 Å². The Morgan fingerprint density at radius 3 is 2.53 bits per heavy atom. The molecule has 3 rings (SSSR count). The average molecular weight is 505 g/mol. The van der Waals surface area contributed by atoms with E-state index in [1.54, 1.807) is 17.6 Å². The Hall–Kier alpha value is -2.68. The van der Waals surface area contributed by atoms with Gasteiger partial charge in [-0.15, -0.1) is 0 Å². The number of amides is 1. The van der Waals surface area contributed by atoms with Crippen LogP contribution in [0.4, 0.5) is 5.82 Å². The van der Waals surface area contributed by atoms with Crippen LogP contribution in [0.2, 0.25) is 0 Å². The Labute approximate surface area is 208 Å². The number of carboxylic acids is 1. The lowest BCUT2D eigenvalue weighted by molar-refractivity contribution is -0.137. The number of aromatic nitrogens is 1. The molecule has 1 aromatic rings. The van der Waals surface area contributed by atoms with Gasteiger partial charge in [0.05, 0.1) is 17.1 Å². The normalized spacial score (nSPS) is 21.9. The number of morpholine rings is 1. The van der Waals surface area contributed by atoms with Crippen molar-refractivity contribution in [2.75, 3.05) is 24.5 Å².